The van der Waals surface area contributed by atoms with Gasteiger partial charge in [0.1, 0.15) is 5.67 Å². The van der Waals surface area contributed by atoms with Gasteiger partial charge in [-0.3, -0.25) is 0 Å². The molecule has 1 saturated carbocycles. The van der Waals surface area contributed by atoms with E-state index in [1.165, 1.54) is 0 Å². The number of aryl methyl sites for hydroxylation is 1. The van der Waals surface area contributed by atoms with Crippen molar-refractivity contribution in [2.45, 2.75) is 25.4 Å². The first-order valence-corrected chi connectivity index (χ1v) is 4.45. The van der Waals surface area contributed by atoms with E-state index in [-0.39, 0.29) is 0 Å². The Kier molecular flexibility index (Phi) is 1.65. The Bertz CT molecular complexity index is 316. The molecule has 0 bridgehead atoms. The molecule has 0 amide bonds. The van der Waals surface area contributed by atoms with Crippen molar-refractivity contribution in [1.82, 2.24) is 0 Å². The SMILES string of the molecule is Cc1ccc(C2(F)CC2)cc1Cl. The van der Waals surface area contributed by atoms with E-state index in [1.54, 1.807) is 6.07 Å². The summed E-state index contributed by atoms with van der Waals surface area (Å²) in [5, 5.41) is 0.663. The quantitative estimate of drug-likeness (QED) is 0.626. The van der Waals surface area contributed by atoms with Crippen LogP contribution >= 0.6 is 11.6 Å². The summed E-state index contributed by atoms with van der Waals surface area (Å²) >= 11 is 5.88. The molecule has 0 atom stereocenters. The maximum Gasteiger partial charge on any atom is 0.136 e. The van der Waals surface area contributed by atoms with Gasteiger partial charge in [0.05, 0.1) is 0 Å². The zero-order valence-corrected chi connectivity index (χ0v) is 7.66. The predicted octanol–water partition coefficient (Wildman–Crippen LogP) is 3.61. The minimum absolute atomic E-state index is 0.645. The second kappa shape index (κ2) is 2.46. The lowest BCUT2D eigenvalue weighted by Gasteiger charge is -2.06. The van der Waals surface area contributed by atoms with E-state index in [0.29, 0.717) is 17.9 Å². The highest BCUT2D eigenvalue weighted by molar-refractivity contribution is 6.31. The molecule has 1 aromatic rings. The van der Waals surface area contributed by atoms with Crippen molar-refractivity contribution < 1.29 is 4.39 Å². The lowest BCUT2D eigenvalue weighted by atomic mass is 10.1. The Hall–Kier alpha value is -0.560. The Morgan fingerprint density at radius 1 is 1.42 bits per heavy atom. The third kappa shape index (κ3) is 1.22. The van der Waals surface area contributed by atoms with Gasteiger partial charge >= 0.3 is 0 Å². The first-order valence-electron chi connectivity index (χ1n) is 4.07. The highest BCUT2D eigenvalue weighted by Gasteiger charge is 2.44. The Morgan fingerprint density at radius 3 is 2.58 bits per heavy atom. The van der Waals surface area contributed by atoms with Gasteiger partial charge in [-0.25, -0.2) is 4.39 Å². The van der Waals surface area contributed by atoms with Gasteiger partial charge in [0.25, 0.3) is 0 Å². The van der Waals surface area contributed by atoms with Crippen LogP contribution in [0.2, 0.25) is 5.02 Å². The van der Waals surface area contributed by atoms with Crippen molar-refractivity contribution in [2.75, 3.05) is 0 Å². The van der Waals surface area contributed by atoms with Crippen molar-refractivity contribution in [3.05, 3.63) is 34.3 Å². The van der Waals surface area contributed by atoms with Gasteiger partial charge in [-0.2, -0.15) is 0 Å². The molecule has 0 aromatic heterocycles. The maximum absolute atomic E-state index is 13.5. The fraction of sp³-hybridized carbons (Fsp3) is 0.400. The van der Waals surface area contributed by atoms with Crippen LogP contribution in [0.1, 0.15) is 24.0 Å². The number of rotatable bonds is 1. The molecule has 1 aromatic carbocycles. The van der Waals surface area contributed by atoms with Gasteiger partial charge in [-0.1, -0.05) is 23.7 Å². The predicted molar refractivity (Wildman–Crippen MR) is 48.2 cm³/mol. The largest absolute Gasteiger partial charge is 0.239 e. The number of hydrogen-bond acceptors (Lipinski definition) is 0. The summed E-state index contributed by atoms with van der Waals surface area (Å²) in [7, 11) is 0. The van der Waals surface area contributed by atoms with Crippen LogP contribution in [0.5, 0.6) is 0 Å². The summed E-state index contributed by atoms with van der Waals surface area (Å²) < 4.78 is 13.5. The van der Waals surface area contributed by atoms with Crippen LogP contribution in [0, 0.1) is 6.92 Å². The van der Waals surface area contributed by atoms with Crippen LogP contribution in [0.4, 0.5) is 4.39 Å². The molecular formula is C10H10ClF. The van der Waals surface area contributed by atoms with Gasteiger partial charge in [0, 0.05) is 5.02 Å². The summed E-state index contributed by atoms with van der Waals surface area (Å²) in [5.41, 5.74) is 0.680. The second-order valence-corrected chi connectivity index (χ2v) is 3.84. The molecular weight excluding hydrogens is 175 g/mol. The topological polar surface area (TPSA) is 0 Å². The highest BCUT2D eigenvalue weighted by atomic mass is 35.5. The van der Waals surface area contributed by atoms with Crippen molar-refractivity contribution in [3.8, 4) is 0 Å². The molecule has 0 radical (unpaired) electrons. The van der Waals surface area contributed by atoms with Crippen LogP contribution in [-0.4, -0.2) is 0 Å². The third-order valence-corrected chi connectivity index (χ3v) is 2.79. The molecule has 1 aliphatic rings. The fourth-order valence-electron chi connectivity index (χ4n) is 1.27. The fourth-order valence-corrected chi connectivity index (χ4v) is 1.45. The van der Waals surface area contributed by atoms with Gasteiger partial charge in [0.2, 0.25) is 0 Å². The summed E-state index contributed by atoms with van der Waals surface area (Å²) in [6, 6.07) is 5.44. The van der Waals surface area contributed by atoms with Crippen molar-refractivity contribution in [3.63, 3.8) is 0 Å². The summed E-state index contributed by atoms with van der Waals surface area (Å²) in [4.78, 5) is 0. The molecule has 64 valence electrons. The van der Waals surface area contributed by atoms with Gasteiger partial charge in [-0.15, -0.1) is 0 Å². The maximum atomic E-state index is 13.5. The summed E-state index contributed by atoms with van der Waals surface area (Å²) in [6.07, 6.45) is 1.29. The molecule has 0 unspecified atom stereocenters. The van der Waals surface area contributed by atoms with Gasteiger partial charge in [0.15, 0.2) is 0 Å². The smallest absolute Gasteiger partial charge is 0.136 e. The van der Waals surface area contributed by atoms with E-state index >= 15 is 0 Å². The molecule has 0 aliphatic heterocycles. The molecule has 0 N–H and O–H groups in total. The molecule has 2 heteroatoms. The van der Waals surface area contributed by atoms with Crippen LogP contribution in [0.25, 0.3) is 0 Å². The standard InChI is InChI=1S/C10H10ClF/c1-7-2-3-8(6-9(7)11)10(12)4-5-10/h2-3,6H,4-5H2,1H3. The van der Waals surface area contributed by atoms with Crippen molar-refractivity contribution >= 4 is 11.6 Å². The van der Waals surface area contributed by atoms with E-state index in [9.17, 15) is 4.39 Å². The molecule has 0 spiro atoms. The van der Waals surface area contributed by atoms with Gasteiger partial charge < -0.3 is 0 Å². The second-order valence-electron chi connectivity index (χ2n) is 3.43. The average Bonchev–Trinajstić information content (AvgIpc) is 2.75. The van der Waals surface area contributed by atoms with Gasteiger partial charge in [-0.05, 0) is 37.0 Å². The van der Waals surface area contributed by atoms with Crippen LogP contribution in [0.3, 0.4) is 0 Å². The highest BCUT2D eigenvalue weighted by Crippen LogP contribution is 2.50. The monoisotopic (exact) mass is 184 g/mol. The number of alkyl halides is 1. The summed E-state index contributed by atoms with van der Waals surface area (Å²) in [5.74, 6) is 0. The molecule has 1 aliphatic carbocycles. The first kappa shape index (κ1) is 8.06. The number of halogens is 2. The Morgan fingerprint density at radius 2 is 2.08 bits per heavy atom. The Labute approximate surface area is 76.4 Å². The van der Waals surface area contributed by atoms with Crippen LogP contribution in [0.15, 0.2) is 18.2 Å². The zero-order valence-electron chi connectivity index (χ0n) is 6.90. The minimum atomic E-state index is -1.06. The number of benzene rings is 1. The molecule has 0 saturated heterocycles. The van der Waals surface area contributed by atoms with Crippen molar-refractivity contribution in [2.24, 2.45) is 0 Å². The lowest BCUT2D eigenvalue weighted by molar-refractivity contribution is 0.317. The van der Waals surface area contributed by atoms with E-state index in [2.05, 4.69) is 0 Å². The van der Waals surface area contributed by atoms with E-state index in [4.69, 9.17) is 11.6 Å². The van der Waals surface area contributed by atoms with Crippen LogP contribution in [-0.2, 0) is 5.67 Å². The van der Waals surface area contributed by atoms with E-state index in [1.807, 2.05) is 19.1 Å². The molecule has 2 rings (SSSR count). The minimum Gasteiger partial charge on any atom is -0.239 e. The average molecular weight is 185 g/mol. The molecule has 1 fully saturated rings. The first-order chi connectivity index (χ1) is 5.62. The Balaban J connectivity index is 2.41. The molecule has 0 nitrogen and oxygen atoms in total. The van der Waals surface area contributed by atoms with Crippen molar-refractivity contribution in [1.29, 1.82) is 0 Å². The number of hydrogen-bond donors (Lipinski definition) is 0. The third-order valence-electron chi connectivity index (χ3n) is 2.38. The molecule has 12 heavy (non-hydrogen) atoms. The van der Waals surface area contributed by atoms with E-state index < -0.39 is 5.67 Å². The molecule has 0 heterocycles. The van der Waals surface area contributed by atoms with E-state index in [0.717, 1.165) is 11.1 Å². The lowest BCUT2D eigenvalue weighted by Crippen LogP contribution is -1.97. The summed E-state index contributed by atoms with van der Waals surface area (Å²) in [6.45, 7) is 1.92. The normalized spacial score (nSPS) is 19.2. The zero-order chi connectivity index (χ0) is 8.77. The van der Waals surface area contributed by atoms with Crippen LogP contribution < -0.4 is 0 Å².